The van der Waals surface area contributed by atoms with E-state index in [1.807, 2.05) is 54.1 Å². The lowest BCUT2D eigenvalue weighted by molar-refractivity contribution is -0.141. The van der Waals surface area contributed by atoms with Crippen LogP contribution < -0.4 is 20.7 Å². The highest BCUT2D eigenvalue weighted by atomic mass is 16.5. The first-order valence-electron chi connectivity index (χ1n) is 16.4. The normalized spacial score (nSPS) is 19.5. The van der Waals surface area contributed by atoms with Gasteiger partial charge in [-0.1, -0.05) is 43.2 Å². The summed E-state index contributed by atoms with van der Waals surface area (Å²) in [5.74, 6) is 0.330. The lowest BCUT2D eigenvalue weighted by Crippen LogP contribution is -2.60. The van der Waals surface area contributed by atoms with Crippen LogP contribution in [0.4, 0.5) is 5.69 Å². The van der Waals surface area contributed by atoms with Crippen molar-refractivity contribution in [2.45, 2.75) is 75.0 Å². The first-order valence-corrected chi connectivity index (χ1v) is 16.4. The van der Waals surface area contributed by atoms with Crippen LogP contribution in [0, 0.1) is 0 Å². The van der Waals surface area contributed by atoms with Gasteiger partial charge >= 0.3 is 0 Å². The fourth-order valence-electron chi connectivity index (χ4n) is 7.35. The highest BCUT2D eigenvalue weighted by Gasteiger charge is 2.55. The number of carbonyl (C=O) groups is 3. The fraction of sp³-hybridized carbons (Fsp3) is 0.486. The second kappa shape index (κ2) is 13.5. The molecule has 3 N–H and O–H groups in total. The number of nitrogens with one attached hydrogen (secondary N) is 1. The molecule has 3 aromatic rings. The Bertz CT molecular complexity index is 1510. The summed E-state index contributed by atoms with van der Waals surface area (Å²) in [6, 6.07) is 16.3. The zero-order valence-electron chi connectivity index (χ0n) is 26.8. The van der Waals surface area contributed by atoms with E-state index in [2.05, 4.69) is 32.2 Å². The summed E-state index contributed by atoms with van der Waals surface area (Å²) >= 11 is 0. The average Bonchev–Trinajstić information content (AvgIpc) is 3.82. The summed E-state index contributed by atoms with van der Waals surface area (Å²) in [4.78, 5) is 52.1. The first kappa shape index (κ1) is 31.6. The molecule has 2 atom stereocenters. The molecule has 2 aliphatic heterocycles. The van der Waals surface area contributed by atoms with Gasteiger partial charge in [-0.15, -0.1) is 0 Å². The third-order valence-corrected chi connectivity index (χ3v) is 10.1. The van der Waals surface area contributed by atoms with Gasteiger partial charge in [0.2, 0.25) is 17.7 Å². The second-order valence-electron chi connectivity index (χ2n) is 12.9. The molecule has 0 bridgehead atoms. The van der Waals surface area contributed by atoms with Gasteiger partial charge in [0.1, 0.15) is 17.3 Å². The fourth-order valence-corrected chi connectivity index (χ4v) is 7.35. The Labute approximate surface area is 270 Å². The van der Waals surface area contributed by atoms with E-state index in [0.29, 0.717) is 51.2 Å². The molecular formula is C35H45N7O4. The molecule has 1 aliphatic carbocycles. The Morgan fingerprint density at radius 1 is 1.04 bits per heavy atom. The number of aryl methyl sites for hydroxylation is 1. The van der Waals surface area contributed by atoms with E-state index in [9.17, 15) is 14.4 Å². The van der Waals surface area contributed by atoms with Gasteiger partial charge in [0.25, 0.3) is 0 Å². The van der Waals surface area contributed by atoms with Crippen molar-refractivity contribution in [3.8, 4) is 5.75 Å². The SMILES string of the molecule is COc1ccc(C[C@@H](NC(=O)C(N)Cc2cncn2C)C(=O)N2CCC3(CC2)C(=O)N(C2CCCC2)CN3c2ccccc2)cc1. The highest BCUT2D eigenvalue weighted by Crippen LogP contribution is 2.42. The van der Waals surface area contributed by atoms with Crippen LogP contribution in [0.2, 0.25) is 0 Å². The van der Waals surface area contributed by atoms with Crippen molar-refractivity contribution in [3.63, 3.8) is 0 Å². The Kier molecular flexibility index (Phi) is 9.30. The zero-order valence-corrected chi connectivity index (χ0v) is 26.8. The molecule has 1 unspecified atom stereocenters. The number of hydrogen-bond acceptors (Lipinski definition) is 7. The van der Waals surface area contributed by atoms with Gasteiger partial charge in [-0.3, -0.25) is 14.4 Å². The number of nitrogens with two attached hydrogens (primary N) is 1. The zero-order chi connectivity index (χ0) is 32.3. The van der Waals surface area contributed by atoms with Crippen LogP contribution in [-0.2, 0) is 34.3 Å². The first-order chi connectivity index (χ1) is 22.3. The Hall–Kier alpha value is -4.38. The van der Waals surface area contributed by atoms with E-state index < -0.39 is 23.5 Å². The van der Waals surface area contributed by atoms with Crippen LogP contribution in [-0.4, -0.2) is 87.6 Å². The monoisotopic (exact) mass is 627 g/mol. The van der Waals surface area contributed by atoms with Crippen LogP contribution in [0.3, 0.4) is 0 Å². The Morgan fingerprint density at radius 3 is 2.37 bits per heavy atom. The standard InChI is InChI=1S/C35H45N7O4/c1-39-23-37-22-28(39)21-30(36)32(43)38-31(20-25-12-14-29(46-2)15-13-25)33(44)40-18-16-35(17-19-40)34(45)41(26-8-6-7-9-26)24-42(35)27-10-4-3-5-11-27/h3-5,10-15,22-23,26,30-31H,6-9,16-21,24,36H2,1-2H3,(H,38,43)/t30?,31-/m1/s1. The smallest absolute Gasteiger partial charge is 0.250 e. The summed E-state index contributed by atoms with van der Waals surface area (Å²) in [6.07, 6.45) is 9.41. The third kappa shape index (κ3) is 6.33. The number of para-hydroxylation sites is 1. The van der Waals surface area contributed by atoms with Crippen LogP contribution in [0.15, 0.2) is 67.1 Å². The number of rotatable bonds is 10. The van der Waals surface area contributed by atoms with E-state index in [0.717, 1.165) is 42.6 Å². The van der Waals surface area contributed by atoms with E-state index in [1.165, 1.54) is 0 Å². The topological polar surface area (TPSA) is 126 Å². The maximum absolute atomic E-state index is 14.2. The van der Waals surface area contributed by atoms with E-state index in [1.54, 1.807) is 24.5 Å². The Morgan fingerprint density at radius 2 is 1.74 bits per heavy atom. The van der Waals surface area contributed by atoms with Crippen molar-refractivity contribution in [2.75, 3.05) is 31.8 Å². The van der Waals surface area contributed by atoms with Crippen molar-refractivity contribution in [1.82, 2.24) is 24.7 Å². The number of benzene rings is 2. The summed E-state index contributed by atoms with van der Waals surface area (Å²) in [7, 11) is 3.46. The summed E-state index contributed by atoms with van der Waals surface area (Å²) < 4.78 is 7.13. The average molecular weight is 628 g/mol. The molecule has 1 spiro atoms. The molecule has 11 heteroatoms. The largest absolute Gasteiger partial charge is 0.497 e. The molecule has 11 nitrogen and oxygen atoms in total. The number of amides is 3. The van der Waals surface area contributed by atoms with Crippen molar-refractivity contribution < 1.29 is 19.1 Å². The molecule has 3 amide bonds. The van der Waals surface area contributed by atoms with Gasteiger partial charge in [0, 0.05) is 56.6 Å². The van der Waals surface area contributed by atoms with Gasteiger partial charge in [0.05, 0.1) is 26.1 Å². The van der Waals surface area contributed by atoms with Crippen LogP contribution >= 0.6 is 0 Å². The minimum absolute atomic E-state index is 0.170. The number of nitrogens with zero attached hydrogens (tertiary/aromatic N) is 5. The number of anilines is 1. The molecule has 244 valence electrons. The maximum atomic E-state index is 14.2. The quantitative estimate of drug-likeness (QED) is 0.354. The molecule has 2 aromatic carbocycles. The molecule has 1 saturated carbocycles. The van der Waals surface area contributed by atoms with Crippen molar-refractivity contribution >= 4 is 23.4 Å². The summed E-state index contributed by atoms with van der Waals surface area (Å²) in [6.45, 7) is 1.41. The van der Waals surface area contributed by atoms with Crippen LogP contribution in [0.1, 0.15) is 49.8 Å². The number of methoxy groups -OCH3 is 1. The molecule has 3 heterocycles. The van der Waals surface area contributed by atoms with E-state index in [-0.39, 0.29) is 17.9 Å². The number of aromatic nitrogens is 2. The highest BCUT2D eigenvalue weighted by molar-refractivity contribution is 5.95. The van der Waals surface area contributed by atoms with Crippen LogP contribution in [0.5, 0.6) is 5.75 Å². The van der Waals surface area contributed by atoms with Crippen molar-refractivity contribution in [1.29, 1.82) is 0 Å². The molecule has 2 saturated heterocycles. The van der Waals surface area contributed by atoms with Crippen molar-refractivity contribution in [3.05, 3.63) is 78.4 Å². The van der Waals surface area contributed by atoms with Gasteiger partial charge in [-0.25, -0.2) is 4.98 Å². The molecule has 1 aromatic heterocycles. The third-order valence-electron chi connectivity index (χ3n) is 10.1. The Balaban J connectivity index is 1.19. The minimum atomic E-state index is -0.844. The van der Waals surface area contributed by atoms with E-state index in [4.69, 9.17) is 10.5 Å². The second-order valence-corrected chi connectivity index (χ2v) is 12.9. The predicted molar refractivity (Wildman–Crippen MR) is 175 cm³/mol. The molecular weight excluding hydrogens is 582 g/mol. The molecule has 46 heavy (non-hydrogen) atoms. The molecule has 0 radical (unpaired) electrons. The number of hydrogen-bond donors (Lipinski definition) is 2. The lowest BCUT2D eigenvalue weighted by atomic mass is 9.84. The number of imidazole rings is 1. The van der Waals surface area contributed by atoms with Gasteiger partial charge in [-0.05, 0) is 55.5 Å². The molecule has 3 fully saturated rings. The van der Waals surface area contributed by atoms with Crippen molar-refractivity contribution in [2.24, 2.45) is 12.8 Å². The van der Waals surface area contributed by atoms with Gasteiger partial charge in [0.15, 0.2) is 0 Å². The predicted octanol–water partition coefficient (Wildman–Crippen LogP) is 2.64. The number of likely N-dealkylation sites (tertiary alicyclic amines) is 1. The number of ether oxygens (including phenoxy) is 1. The number of carbonyl (C=O) groups excluding carboxylic acids is 3. The maximum Gasteiger partial charge on any atom is 0.250 e. The summed E-state index contributed by atoms with van der Waals surface area (Å²) in [5, 5.41) is 2.97. The van der Waals surface area contributed by atoms with Gasteiger partial charge < -0.3 is 35.1 Å². The van der Waals surface area contributed by atoms with Gasteiger partial charge in [-0.2, -0.15) is 0 Å². The molecule has 6 rings (SSSR count). The molecule has 3 aliphatic rings. The number of piperidine rings is 1. The van der Waals surface area contributed by atoms with E-state index >= 15 is 0 Å². The lowest BCUT2D eigenvalue weighted by Gasteiger charge is -2.44. The minimum Gasteiger partial charge on any atom is -0.497 e. The van der Waals surface area contributed by atoms with Crippen LogP contribution in [0.25, 0.3) is 0 Å². The summed E-state index contributed by atoms with van der Waals surface area (Å²) in [5.41, 5.74) is 8.38.